The van der Waals surface area contributed by atoms with Gasteiger partial charge in [0.25, 0.3) is 0 Å². The number of nitrogens with one attached hydrogen (secondary N) is 1. The third-order valence-electron chi connectivity index (χ3n) is 4.00. The number of nitrogens with zero attached hydrogens (tertiary/aromatic N) is 3. The zero-order valence-corrected chi connectivity index (χ0v) is 17.7. The van der Waals surface area contributed by atoms with Gasteiger partial charge in [0.1, 0.15) is 11.5 Å². The largest absolute Gasteiger partial charge is 0.464 e. The second-order valence-corrected chi connectivity index (χ2v) is 8.20. The highest BCUT2D eigenvalue weighted by atomic mass is 35.5. The van der Waals surface area contributed by atoms with Gasteiger partial charge in [0, 0.05) is 35.3 Å². The van der Waals surface area contributed by atoms with Crippen molar-refractivity contribution in [1.29, 1.82) is 0 Å². The van der Waals surface area contributed by atoms with E-state index in [9.17, 15) is 0 Å². The van der Waals surface area contributed by atoms with Gasteiger partial charge in [0.2, 0.25) is 5.95 Å². The van der Waals surface area contributed by atoms with E-state index < -0.39 is 0 Å². The standard InChI is InChI=1S/C21H24ClN4OS/c1-15-4-5-16(10-20(15)22)17-11-24-21(25-12-17)23-8-9-28-14-19-7-6-18(27-19)13-26(2)3/h4-7,10-12H,1,8-9,13-14H2,2-3H3,(H,23,24,25). The van der Waals surface area contributed by atoms with E-state index in [1.807, 2.05) is 50.1 Å². The molecule has 0 spiro atoms. The van der Waals surface area contributed by atoms with E-state index in [4.69, 9.17) is 16.0 Å². The van der Waals surface area contributed by atoms with Crippen LogP contribution in [-0.2, 0) is 12.3 Å². The first kappa shape index (κ1) is 20.7. The molecule has 5 nitrogen and oxygen atoms in total. The molecule has 2 heterocycles. The Morgan fingerprint density at radius 1 is 1.11 bits per heavy atom. The predicted molar refractivity (Wildman–Crippen MR) is 118 cm³/mol. The molecule has 3 rings (SSSR count). The lowest BCUT2D eigenvalue weighted by Crippen LogP contribution is -2.09. The number of hydrogen-bond acceptors (Lipinski definition) is 6. The van der Waals surface area contributed by atoms with Gasteiger partial charge in [0.15, 0.2) is 0 Å². The molecule has 0 unspecified atom stereocenters. The minimum atomic E-state index is 0.621. The van der Waals surface area contributed by atoms with Crippen LogP contribution in [0.1, 0.15) is 17.1 Å². The van der Waals surface area contributed by atoms with Gasteiger partial charge in [-0.3, -0.25) is 0 Å². The monoisotopic (exact) mass is 415 g/mol. The fraction of sp³-hybridized carbons (Fsp3) is 0.286. The van der Waals surface area contributed by atoms with Gasteiger partial charge in [-0.25, -0.2) is 9.97 Å². The molecule has 1 aromatic carbocycles. The second kappa shape index (κ2) is 9.96. The van der Waals surface area contributed by atoms with E-state index in [-0.39, 0.29) is 0 Å². The van der Waals surface area contributed by atoms with Crippen LogP contribution >= 0.6 is 23.4 Å². The van der Waals surface area contributed by atoms with E-state index >= 15 is 0 Å². The molecule has 0 aliphatic rings. The van der Waals surface area contributed by atoms with Crippen molar-refractivity contribution in [2.24, 2.45) is 0 Å². The quantitative estimate of drug-likeness (QED) is 0.497. The van der Waals surface area contributed by atoms with Gasteiger partial charge in [-0.05, 0) is 50.3 Å². The molecule has 147 valence electrons. The van der Waals surface area contributed by atoms with Crippen molar-refractivity contribution in [3.8, 4) is 11.1 Å². The number of furan rings is 1. The van der Waals surface area contributed by atoms with Crippen LogP contribution in [0.4, 0.5) is 5.95 Å². The van der Waals surface area contributed by atoms with Crippen molar-refractivity contribution in [3.05, 3.63) is 71.8 Å². The molecule has 28 heavy (non-hydrogen) atoms. The number of anilines is 1. The summed E-state index contributed by atoms with van der Waals surface area (Å²) in [5, 5.41) is 3.89. The fourth-order valence-corrected chi connectivity index (χ4v) is 3.53. The molecule has 2 aromatic heterocycles. The lowest BCUT2D eigenvalue weighted by Gasteiger charge is -2.07. The first-order valence-electron chi connectivity index (χ1n) is 8.99. The molecule has 3 aromatic rings. The SMILES string of the molecule is [CH2]c1ccc(-c2cnc(NCCSCc3ccc(CN(C)C)o3)nc2)cc1Cl. The van der Waals surface area contributed by atoms with Crippen molar-refractivity contribution in [1.82, 2.24) is 14.9 Å². The molecule has 1 N–H and O–H groups in total. The first-order valence-corrected chi connectivity index (χ1v) is 10.5. The summed E-state index contributed by atoms with van der Waals surface area (Å²) in [5.74, 6) is 4.43. The van der Waals surface area contributed by atoms with E-state index in [0.29, 0.717) is 11.0 Å². The minimum absolute atomic E-state index is 0.621. The summed E-state index contributed by atoms with van der Waals surface area (Å²) in [5.41, 5.74) is 2.71. The number of benzene rings is 1. The lowest BCUT2D eigenvalue weighted by molar-refractivity contribution is 0.344. The normalized spacial score (nSPS) is 11.2. The molecule has 0 aliphatic carbocycles. The zero-order chi connectivity index (χ0) is 19.9. The van der Waals surface area contributed by atoms with Crippen LogP contribution in [0.25, 0.3) is 11.1 Å². The van der Waals surface area contributed by atoms with Crippen LogP contribution < -0.4 is 5.32 Å². The Balaban J connectivity index is 1.41. The van der Waals surface area contributed by atoms with Crippen LogP contribution in [0.15, 0.2) is 47.1 Å². The Morgan fingerprint density at radius 3 is 2.57 bits per heavy atom. The fourth-order valence-electron chi connectivity index (χ4n) is 2.60. The van der Waals surface area contributed by atoms with Gasteiger partial charge in [-0.2, -0.15) is 11.8 Å². The predicted octanol–water partition coefficient (Wildman–Crippen LogP) is 4.98. The molecule has 1 radical (unpaired) electrons. The highest BCUT2D eigenvalue weighted by Crippen LogP contribution is 2.24. The molecular formula is C21H24ClN4OS. The Labute approximate surface area is 175 Å². The zero-order valence-electron chi connectivity index (χ0n) is 16.1. The number of rotatable bonds is 9. The summed E-state index contributed by atoms with van der Waals surface area (Å²) >= 11 is 7.95. The number of aromatic nitrogens is 2. The van der Waals surface area contributed by atoms with E-state index in [1.165, 1.54) is 0 Å². The third-order valence-corrected chi connectivity index (χ3v) is 5.33. The van der Waals surface area contributed by atoms with E-state index in [2.05, 4.69) is 33.2 Å². The molecule has 0 amide bonds. The van der Waals surface area contributed by atoms with Gasteiger partial charge in [-0.1, -0.05) is 23.7 Å². The van der Waals surface area contributed by atoms with E-state index in [1.54, 1.807) is 12.4 Å². The van der Waals surface area contributed by atoms with Crippen LogP contribution in [0, 0.1) is 6.92 Å². The maximum Gasteiger partial charge on any atom is 0.222 e. The summed E-state index contributed by atoms with van der Waals surface area (Å²) < 4.78 is 5.81. The molecule has 0 saturated heterocycles. The molecular weight excluding hydrogens is 392 g/mol. The Kier molecular flexibility index (Phi) is 7.36. The van der Waals surface area contributed by atoms with Crippen molar-refractivity contribution < 1.29 is 4.42 Å². The molecule has 7 heteroatoms. The lowest BCUT2D eigenvalue weighted by atomic mass is 10.1. The van der Waals surface area contributed by atoms with Crippen molar-refractivity contribution in [2.75, 3.05) is 31.7 Å². The molecule has 0 aliphatic heterocycles. The van der Waals surface area contributed by atoms with Crippen LogP contribution in [0.3, 0.4) is 0 Å². The van der Waals surface area contributed by atoms with Crippen LogP contribution in [0.2, 0.25) is 5.02 Å². The van der Waals surface area contributed by atoms with Crippen LogP contribution in [0.5, 0.6) is 0 Å². The highest BCUT2D eigenvalue weighted by Gasteiger charge is 2.05. The van der Waals surface area contributed by atoms with Crippen molar-refractivity contribution in [3.63, 3.8) is 0 Å². The molecule has 0 fully saturated rings. The smallest absolute Gasteiger partial charge is 0.222 e. The van der Waals surface area contributed by atoms with Crippen molar-refractivity contribution in [2.45, 2.75) is 12.3 Å². The summed E-state index contributed by atoms with van der Waals surface area (Å²) in [6.07, 6.45) is 3.60. The highest BCUT2D eigenvalue weighted by molar-refractivity contribution is 7.98. The topological polar surface area (TPSA) is 54.2 Å². The van der Waals surface area contributed by atoms with Gasteiger partial charge in [0.05, 0.1) is 12.3 Å². The maximum absolute atomic E-state index is 6.13. The summed E-state index contributed by atoms with van der Waals surface area (Å²) in [6.45, 7) is 5.48. The van der Waals surface area contributed by atoms with E-state index in [0.717, 1.165) is 52.8 Å². The average Bonchev–Trinajstić information content (AvgIpc) is 3.11. The molecule has 0 atom stereocenters. The third kappa shape index (κ3) is 5.99. The van der Waals surface area contributed by atoms with Gasteiger partial charge < -0.3 is 14.6 Å². The summed E-state index contributed by atoms with van der Waals surface area (Å²) in [6, 6.07) is 9.83. The molecule has 0 saturated carbocycles. The Morgan fingerprint density at radius 2 is 1.86 bits per heavy atom. The minimum Gasteiger partial charge on any atom is -0.464 e. The first-order chi connectivity index (χ1) is 13.5. The summed E-state index contributed by atoms with van der Waals surface area (Å²) in [4.78, 5) is 10.9. The number of halogens is 1. The molecule has 0 bridgehead atoms. The maximum atomic E-state index is 6.13. The van der Waals surface area contributed by atoms with Gasteiger partial charge in [-0.15, -0.1) is 0 Å². The van der Waals surface area contributed by atoms with Crippen LogP contribution in [-0.4, -0.2) is 41.3 Å². The second-order valence-electron chi connectivity index (χ2n) is 6.69. The van der Waals surface area contributed by atoms with Gasteiger partial charge >= 0.3 is 0 Å². The van der Waals surface area contributed by atoms with Crippen molar-refractivity contribution >= 4 is 29.3 Å². The number of hydrogen-bond donors (Lipinski definition) is 1. The average molecular weight is 416 g/mol. The Bertz CT molecular complexity index is 896. The number of thioether (sulfide) groups is 1. The summed E-state index contributed by atoms with van der Waals surface area (Å²) in [7, 11) is 4.06. The Hall–Kier alpha value is -2.02.